The number of rotatable bonds is 1. The minimum absolute atomic E-state index is 0.266. The normalized spacial score (nSPS) is 10.8. The first kappa shape index (κ1) is 9.68. The van der Waals surface area contributed by atoms with Gasteiger partial charge in [0.25, 0.3) is 0 Å². The Balaban J connectivity index is 3.27. The smallest absolute Gasteiger partial charge is 0.194 e. The highest BCUT2D eigenvalue weighted by Crippen LogP contribution is 2.28. The van der Waals surface area contributed by atoms with Crippen LogP contribution in [0.4, 0.5) is 13.2 Å². The van der Waals surface area contributed by atoms with E-state index in [-0.39, 0.29) is 5.56 Å². The van der Waals surface area contributed by atoms with Gasteiger partial charge in [-0.25, -0.2) is 13.2 Å². The first-order chi connectivity index (χ1) is 5.54. The van der Waals surface area contributed by atoms with Crippen molar-refractivity contribution in [3.8, 4) is 0 Å². The number of hydrogen-bond acceptors (Lipinski definition) is 0. The Morgan fingerprint density at radius 1 is 1.00 bits per heavy atom. The van der Waals surface area contributed by atoms with Gasteiger partial charge in [-0.1, -0.05) is 29.3 Å². The molecule has 1 rings (SSSR count). The summed E-state index contributed by atoms with van der Waals surface area (Å²) in [5, 5.41) is 0. The Labute approximate surface area is 76.9 Å². The summed E-state index contributed by atoms with van der Waals surface area (Å²) in [6.07, 6.45) is 0. The molecule has 0 radical (unpaired) electrons. The van der Waals surface area contributed by atoms with E-state index in [9.17, 15) is 13.2 Å². The molecule has 0 saturated carbocycles. The zero-order valence-electron chi connectivity index (χ0n) is 5.62. The van der Waals surface area contributed by atoms with E-state index in [0.717, 1.165) is 12.1 Å². The minimum atomic E-state index is -1.56. The van der Waals surface area contributed by atoms with Crippen molar-refractivity contribution >= 4 is 23.2 Å². The maximum Gasteiger partial charge on any atom is 0.194 e. The van der Waals surface area contributed by atoms with Gasteiger partial charge in [-0.3, -0.25) is 0 Å². The number of alkyl halides is 2. The van der Waals surface area contributed by atoms with Crippen molar-refractivity contribution < 1.29 is 13.2 Å². The molecule has 0 aromatic heterocycles. The van der Waals surface area contributed by atoms with Crippen LogP contribution >= 0.6 is 23.2 Å². The van der Waals surface area contributed by atoms with Crippen LogP contribution in [0.25, 0.3) is 0 Å². The Morgan fingerprint density at radius 3 is 2.08 bits per heavy atom. The maximum atomic E-state index is 12.7. The van der Waals surface area contributed by atoms with Crippen molar-refractivity contribution in [3.05, 3.63) is 35.1 Å². The molecule has 0 aliphatic carbocycles. The quantitative estimate of drug-likeness (QED) is 0.496. The van der Waals surface area contributed by atoms with Crippen molar-refractivity contribution in [1.82, 2.24) is 0 Å². The van der Waals surface area contributed by atoms with Gasteiger partial charge in [0.05, 0.1) is 0 Å². The third kappa shape index (κ3) is 1.67. The molecule has 12 heavy (non-hydrogen) atoms. The second kappa shape index (κ2) is 3.54. The van der Waals surface area contributed by atoms with Crippen LogP contribution in [0.5, 0.6) is 0 Å². The van der Waals surface area contributed by atoms with E-state index in [1.165, 1.54) is 0 Å². The molecule has 0 fully saturated rings. The standard InChI is InChI=1S/C7H3Cl2F3/c8-7(9)3-1-2-4(10)6(12)5(3)11/h1-2,7H. The van der Waals surface area contributed by atoms with Gasteiger partial charge in [-0.05, 0) is 6.07 Å². The second-order valence-electron chi connectivity index (χ2n) is 2.07. The summed E-state index contributed by atoms with van der Waals surface area (Å²) >= 11 is 10.5. The van der Waals surface area contributed by atoms with E-state index in [0.29, 0.717) is 0 Å². The summed E-state index contributed by atoms with van der Waals surface area (Å²) in [4.78, 5) is -1.19. The molecule has 0 nitrogen and oxygen atoms in total. The Hall–Kier alpha value is -0.410. The van der Waals surface area contributed by atoms with Crippen molar-refractivity contribution in [2.24, 2.45) is 0 Å². The molecule has 0 amide bonds. The lowest BCUT2D eigenvalue weighted by Gasteiger charge is -2.03. The van der Waals surface area contributed by atoms with Gasteiger partial charge in [0, 0.05) is 5.56 Å². The van der Waals surface area contributed by atoms with Gasteiger partial charge in [-0.2, -0.15) is 0 Å². The molecule has 0 heterocycles. The molecular weight excluding hydrogens is 212 g/mol. The maximum absolute atomic E-state index is 12.7. The van der Waals surface area contributed by atoms with Crippen LogP contribution in [0.1, 0.15) is 10.4 Å². The van der Waals surface area contributed by atoms with Crippen LogP contribution in [0.2, 0.25) is 0 Å². The fourth-order valence-corrected chi connectivity index (χ4v) is 1.05. The predicted molar refractivity (Wildman–Crippen MR) is 40.8 cm³/mol. The van der Waals surface area contributed by atoms with Gasteiger partial charge in [0.15, 0.2) is 17.5 Å². The molecule has 1 aromatic carbocycles. The van der Waals surface area contributed by atoms with E-state index in [1.807, 2.05) is 0 Å². The fourth-order valence-electron chi connectivity index (χ4n) is 0.709. The molecule has 5 heteroatoms. The molecule has 0 bridgehead atoms. The summed E-state index contributed by atoms with van der Waals surface area (Å²) in [7, 11) is 0. The van der Waals surface area contributed by atoms with Crippen LogP contribution < -0.4 is 0 Å². The zero-order chi connectivity index (χ0) is 9.30. The molecule has 0 saturated heterocycles. The molecular formula is C7H3Cl2F3. The Morgan fingerprint density at radius 2 is 1.58 bits per heavy atom. The first-order valence-electron chi connectivity index (χ1n) is 2.95. The van der Waals surface area contributed by atoms with E-state index in [1.54, 1.807) is 0 Å². The van der Waals surface area contributed by atoms with Gasteiger partial charge in [-0.15, -0.1) is 0 Å². The van der Waals surface area contributed by atoms with Crippen LogP contribution in [-0.2, 0) is 0 Å². The highest BCUT2D eigenvalue weighted by molar-refractivity contribution is 6.44. The molecule has 1 aromatic rings. The highest BCUT2D eigenvalue weighted by atomic mass is 35.5. The molecule has 66 valence electrons. The third-order valence-corrected chi connectivity index (χ3v) is 1.77. The van der Waals surface area contributed by atoms with Gasteiger partial charge < -0.3 is 0 Å². The van der Waals surface area contributed by atoms with Crippen LogP contribution in [0.15, 0.2) is 12.1 Å². The van der Waals surface area contributed by atoms with Crippen molar-refractivity contribution in [2.45, 2.75) is 4.84 Å². The fraction of sp³-hybridized carbons (Fsp3) is 0.143. The molecule has 0 aliphatic rings. The summed E-state index contributed by atoms with van der Waals surface area (Å²) in [6.45, 7) is 0. The summed E-state index contributed by atoms with van der Waals surface area (Å²) in [6, 6.07) is 1.77. The topological polar surface area (TPSA) is 0 Å². The third-order valence-electron chi connectivity index (χ3n) is 1.30. The lowest BCUT2D eigenvalue weighted by atomic mass is 10.2. The largest absolute Gasteiger partial charge is 0.204 e. The molecule has 0 spiro atoms. The predicted octanol–water partition coefficient (Wildman–Crippen LogP) is 3.58. The number of halogens is 5. The first-order valence-corrected chi connectivity index (χ1v) is 3.83. The van der Waals surface area contributed by atoms with Crippen molar-refractivity contribution in [1.29, 1.82) is 0 Å². The van der Waals surface area contributed by atoms with E-state index in [2.05, 4.69) is 0 Å². The second-order valence-corrected chi connectivity index (χ2v) is 3.16. The molecule has 0 unspecified atom stereocenters. The van der Waals surface area contributed by atoms with Crippen LogP contribution in [-0.4, -0.2) is 0 Å². The number of hydrogen-bond donors (Lipinski definition) is 0. The van der Waals surface area contributed by atoms with E-state index >= 15 is 0 Å². The van der Waals surface area contributed by atoms with Crippen molar-refractivity contribution in [2.75, 3.05) is 0 Å². The summed E-state index contributed by atoms with van der Waals surface area (Å²) in [5.74, 6) is -4.16. The van der Waals surface area contributed by atoms with E-state index in [4.69, 9.17) is 23.2 Å². The monoisotopic (exact) mass is 214 g/mol. The Bertz CT molecular complexity index is 299. The van der Waals surface area contributed by atoms with Crippen LogP contribution in [0, 0.1) is 17.5 Å². The molecule has 0 N–H and O–H groups in total. The van der Waals surface area contributed by atoms with Gasteiger partial charge in [0.1, 0.15) is 4.84 Å². The van der Waals surface area contributed by atoms with Gasteiger partial charge in [0.2, 0.25) is 0 Å². The molecule has 0 atom stereocenters. The van der Waals surface area contributed by atoms with Crippen LogP contribution in [0.3, 0.4) is 0 Å². The summed E-state index contributed by atoms with van der Waals surface area (Å²) in [5.41, 5.74) is -0.266. The SMILES string of the molecule is Fc1ccc(C(Cl)Cl)c(F)c1F. The van der Waals surface area contributed by atoms with E-state index < -0.39 is 22.3 Å². The van der Waals surface area contributed by atoms with Crippen molar-refractivity contribution in [3.63, 3.8) is 0 Å². The lowest BCUT2D eigenvalue weighted by molar-refractivity contribution is 0.442. The van der Waals surface area contributed by atoms with Gasteiger partial charge >= 0.3 is 0 Å². The summed E-state index contributed by atoms with van der Waals surface area (Å²) < 4.78 is 37.5. The Kier molecular flexibility index (Phi) is 2.85. The number of benzene rings is 1. The lowest BCUT2D eigenvalue weighted by Crippen LogP contribution is -1.96. The highest BCUT2D eigenvalue weighted by Gasteiger charge is 2.16. The average molecular weight is 215 g/mol. The molecule has 0 aliphatic heterocycles. The average Bonchev–Trinajstić information content (AvgIpc) is 2.00. The minimum Gasteiger partial charge on any atom is -0.204 e. The zero-order valence-corrected chi connectivity index (χ0v) is 7.13.